The van der Waals surface area contributed by atoms with Gasteiger partial charge in [-0.25, -0.2) is 0 Å². The van der Waals surface area contributed by atoms with Gasteiger partial charge in [0.15, 0.2) is 0 Å². The second-order valence-electron chi connectivity index (χ2n) is 5.79. The molecule has 1 unspecified atom stereocenters. The summed E-state index contributed by atoms with van der Waals surface area (Å²) in [6, 6.07) is 0.0240. The summed E-state index contributed by atoms with van der Waals surface area (Å²) in [4.78, 5) is 24.6. The maximum atomic E-state index is 12.3. The first-order valence-electron chi connectivity index (χ1n) is 6.64. The minimum Gasteiger partial charge on any atom is -0.481 e. The number of carbonyl (C=O) groups excluding carboxylic acids is 1. The molecule has 1 rings (SSSR count). The Labute approximate surface area is 114 Å². The number of amides is 1. The highest BCUT2D eigenvalue weighted by Crippen LogP contribution is 2.16. The molecule has 1 amide bonds. The SMILES string of the molecule is CC(C)(C)N(CCC(=O)O)C(=O)CC1COCCN1. The molecule has 0 aliphatic carbocycles. The molecule has 0 aromatic carbocycles. The molecule has 0 aromatic rings. The highest BCUT2D eigenvalue weighted by Gasteiger charge is 2.29. The smallest absolute Gasteiger partial charge is 0.305 e. The van der Waals surface area contributed by atoms with E-state index in [2.05, 4.69) is 5.32 Å². The third-order valence-corrected chi connectivity index (χ3v) is 3.08. The molecule has 0 spiro atoms. The van der Waals surface area contributed by atoms with Gasteiger partial charge >= 0.3 is 5.97 Å². The molecule has 1 atom stereocenters. The van der Waals surface area contributed by atoms with E-state index in [0.29, 0.717) is 19.6 Å². The lowest BCUT2D eigenvalue weighted by Gasteiger charge is -2.37. The summed E-state index contributed by atoms with van der Waals surface area (Å²) in [6.45, 7) is 7.94. The summed E-state index contributed by atoms with van der Waals surface area (Å²) in [6.07, 6.45) is 0.314. The van der Waals surface area contributed by atoms with E-state index in [0.717, 1.165) is 6.54 Å². The number of nitrogens with zero attached hydrogens (tertiary/aromatic N) is 1. The van der Waals surface area contributed by atoms with Crippen LogP contribution in [0.2, 0.25) is 0 Å². The van der Waals surface area contributed by atoms with Crippen LogP contribution in [0.25, 0.3) is 0 Å². The first-order valence-corrected chi connectivity index (χ1v) is 6.64. The Balaban J connectivity index is 2.57. The van der Waals surface area contributed by atoms with E-state index in [1.807, 2.05) is 20.8 Å². The third-order valence-electron chi connectivity index (χ3n) is 3.08. The van der Waals surface area contributed by atoms with Gasteiger partial charge in [-0.2, -0.15) is 0 Å². The van der Waals surface area contributed by atoms with Crippen molar-refractivity contribution in [1.29, 1.82) is 0 Å². The minimum absolute atomic E-state index is 0.0240. The Kier molecular flexibility index (Phi) is 5.75. The van der Waals surface area contributed by atoms with Crippen LogP contribution in [-0.2, 0) is 14.3 Å². The fourth-order valence-corrected chi connectivity index (χ4v) is 2.11. The van der Waals surface area contributed by atoms with Gasteiger partial charge in [-0.1, -0.05) is 0 Å². The number of carboxylic acid groups (broad SMARTS) is 1. The molecule has 6 nitrogen and oxygen atoms in total. The predicted molar refractivity (Wildman–Crippen MR) is 70.9 cm³/mol. The second-order valence-corrected chi connectivity index (χ2v) is 5.79. The monoisotopic (exact) mass is 272 g/mol. The minimum atomic E-state index is -0.888. The van der Waals surface area contributed by atoms with Crippen LogP contribution < -0.4 is 5.32 Å². The zero-order valence-corrected chi connectivity index (χ0v) is 11.9. The molecular weight excluding hydrogens is 248 g/mol. The van der Waals surface area contributed by atoms with Gasteiger partial charge in [0.1, 0.15) is 0 Å². The molecule has 19 heavy (non-hydrogen) atoms. The summed E-state index contributed by atoms with van der Waals surface area (Å²) < 4.78 is 5.32. The van der Waals surface area contributed by atoms with Crippen molar-refractivity contribution >= 4 is 11.9 Å². The Bertz CT molecular complexity index is 319. The topological polar surface area (TPSA) is 78.9 Å². The lowest BCUT2D eigenvalue weighted by atomic mass is 10.0. The van der Waals surface area contributed by atoms with E-state index in [1.165, 1.54) is 0 Å². The number of aliphatic carboxylic acids is 1. The molecular formula is C13H24N2O4. The molecule has 1 fully saturated rings. The Hall–Kier alpha value is -1.14. The fourth-order valence-electron chi connectivity index (χ4n) is 2.11. The van der Waals surface area contributed by atoms with Crippen molar-refractivity contribution in [2.24, 2.45) is 0 Å². The van der Waals surface area contributed by atoms with Crippen LogP contribution in [0.15, 0.2) is 0 Å². The van der Waals surface area contributed by atoms with Crippen molar-refractivity contribution in [1.82, 2.24) is 10.2 Å². The number of morpholine rings is 1. The van der Waals surface area contributed by atoms with Crippen molar-refractivity contribution in [3.8, 4) is 0 Å². The lowest BCUT2D eigenvalue weighted by molar-refractivity contribution is -0.141. The van der Waals surface area contributed by atoms with E-state index >= 15 is 0 Å². The van der Waals surface area contributed by atoms with Crippen LogP contribution in [-0.4, -0.2) is 59.8 Å². The van der Waals surface area contributed by atoms with Crippen LogP contribution in [0.3, 0.4) is 0 Å². The number of ether oxygens (including phenoxy) is 1. The van der Waals surface area contributed by atoms with Gasteiger partial charge < -0.3 is 20.1 Å². The summed E-state index contributed by atoms with van der Waals surface area (Å²) in [5, 5.41) is 12.0. The van der Waals surface area contributed by atoms with Crippen molar-refractivity contribution in [3.05, 3.63) is 0 Å². The number of carbonyl (C=O) groups is 2. The number of hydrogen-bond donors (Lipinski definition) is 2. The lowest BCUT2D eigenvalue weighted by Crippen LogP contribution is -2.50. The molecule has 1 saturated heterocycles. The van der Waals surface area contributed by atoms with Gasteiger partial charge in [-0.05, 0) is 20.8 Å². The van der Waals surface area contributed by atoms with Gasteiger partial charge in [0.2, 0.25) is 5.91 Å². The van der Waals surface area contributed by atoms with Crippen LogP contribution in [0, 0.1) is 0 Å². The normalized spacial score (nSPS) is 20.1. The molecule has 1 aliphatic heterocycles. The van der Waals surface area contributed by atoms with Gasteiger partial charge in [0.05, 0.1) is 19.6 Å². The maximum Gasteiger partial charge on any atom is 0.305 e. The van der Waals surface area contributed by atoms with E-state index in [-0.39, 0.29) is 30.5 Å². The summed E-state index contributed by atoms with van der Waals surface area (Å²) in [7, 11) is 0. The predicted octanol–water partition coefficient (Wildman–Crippen LogP) is 0.467. The van der Waals surface area contributed by atoms with Crippen LogP contribution in [0.1, 0.15) is 33.6 Å². The standard InChI is InChI=1S/C13H24N2O4/c1-13(2,3)15(6-4-12(17)18)11(16)8-10-9-19-7-5-14-10/h10,14H,4-9H2,1-3H3,(H,17,18). The second kappa shape index (κ2) is 6.86. The third kappa shape index (κ3) is 5.57. The average molecular weight is 272 g/mol. The summed E-state index contributed by atoms with van der Waals surface area (Å²) >= 11 is 0. The number of rotatable bonds is 5. The zero-order chi connectivity index (χ0) is 14.5. The van der Waals surface area contributed by atoms with Crippen molar-refractivity contribution in [2.75, 3.05) is 26.3 Å². The molecule has 0 saturated carbocycles. The molecule has 0 aromatic heterocycles. The quantitative estimate of drug-likeness (QED) is 0.760. The first-order chi connectivity index (χ1) is 8.80. The molecule has 2 N–H and O–H groups in total. The van der Waals surface area contributed by atoms with Gasteiger partial charge in [0, 0.05) is 31.1 Å². The van der Waals surface area contributed by atoms with Crippen LogP contribution in [0.5, 0.6) is 0 Å². The summed E-state index contributed by atoms with van der Waals surface area (Å²) in [5.74, 6) is -0.919. The van der Waals surface area contributed by atoms with Crippen LogP contribution in [0.4, 0.5) is 0 Å². The molecule has 6 heteroatoms. The largest absolute Gasteiger partial charge is 0.481 e. The first kappa shape index (κ1) is 15.9. The van der Waals surface area contributed by atoms with Gasteiger partial charge in [0.25, 0.3) is 0 Å². The molecule has 0 radical (unpaired) electrons. The van der Waals surface area contributed by atoms with E-state index in [1.54, 1.807) is 4.90 Å². The highest BCUT2D eigenvalue weighted by atomic mass is 16.5. The number of carboxylic acids is 1. The van der Waals surface area contributed by atoms with E-state index < -0.39 is 5.97 Å². The molecule has 1 aliphatic rings. The number of hydrogen-bond acceptors (Lipinski definition) is 4. The zero-order valence-electron chi connectivity index (χ0n) is 11.9. The van der Waals surface area contributed by atoms with Crippen molar-refractivity contribution < 1.29 is 19.4 Å². The van der Waals surface area contributed by atoms with Gasteiger partial charge in [-0.3, -0.25) is 9.59 Å². The van der Waals surface area contributed by atoms with Crippen molar-refractivity contribution in [3.63, 3.8) is 0 Å². The maximum absolute atomic E-state index is 12.3. The highest BCUT2D eigenvalue weighted by molar-refractivity contribution is 5.78. The van der Waals surface area contributed by atoms with Gasteiger partial charge in [-0.15, -0.1) is 0 Å². The average Bonchev–Trinajstić information content (AvgIpc) is 2.28. The number of nitrogens with one attached hydrogen (secondary N) is 1. The molecule has 1 heterocycles. The Morgan fingerprint density at radius 1 is 1.42 bits per heavy atom. The van der Waals surface area contributed by atoms with E-state index in [9.17, 15) is 9.59 Å². The fraction of sp³-hybridized carbons (Fsp3) is 0.846. The summed E-state index contributed by atoms with van der Waals surface area (Å²) in [5.41, 5.74) is -0.373. The van der Waals surface area contributed by atoms with Crippen LogP contribution >= 0.6 is 0 Å². The Morgan fingerprint density at radius 2 is 2.11 bits per heavy atom. The van der Waals surface area contributed by atoms with E-state index in [4.69, 9.17) is 9.84 Å². The van der Waals surface area contributed by atoms with Crippen molar-refractivity contribution in [2.45, 2.75) is 45.2 Å². The Morgan fingerprint density at radius 3 is 2.58 bits per heavy atom. The molecule has 110 valence electrons. The molecule has 0 bridgehead atoms.